The maximum Gasteiger partial charge on any atom is 0.118 e. The Morgan fingerprint density at radius 2 is 1.61 bits per heavy atom. The van der Waals surface area contributed by atoms with Gasteiger partial charge < -0.3 is 9.84 Å². The standard InChI is InChI=1S/C16H24O2/c1-15(2)14(16(15,3)4)13(17)10-11-6-8-12(18-5)9-7-11/h6-9,13-14,17H,10H2,1-5H3. The summed E-state index contributed by atoms with van der Waals surface area (Å²) >= 11 is 0. The first-order chi connectivity index (χ1) is 8.30. The number of methoxy groups -OCH3 is 1. The first-order valence-corrected chi connectivity index (χ1v) is 6.61. The number of benzene rings is 1. The van der Waals surface area contributed by atoms with Crippen molar-refractivity contribution < 1.29 is 9.84 Å². The third kappa shape index (κ3) is 2.03. The first-order valence-electron chi connectivity index (χ1n) is 6.61. The number of rotatable bonds is 4. The lowest BCUT2D eigenvalue weighted by atomic mass is 9.99. The predicted octanol–water partition coefficient (Wildman–Crippen LogP) is 3.28. The first kappa shape index (κ1) is 13.4. The van der Waals surface area contributed by atoms with Gasteiger partial charge in [0.2, 0.25) is 0 Å². The van der Waals surface area contributed by atoms with E-state index in [2.05, 4.69) is 27.7 Å². The molecule has 0 spiro atoms. The topological polar surface area (TPSA) is 29.5 Å². The summed E-state index contributed by atoms with van der Waals surface area (Å²) in [6.07, 6.45) is 0.463. The molecule has 18 heavy (non-hydrogen) atoms. The number of ether oxygens (including phenoxy) is 1. The van der Waals surface area contributed by atoms with E-state index in [1.165, 1.54) is 5.56 Å². The van der Waals surface area contributed by atoms with Gasteiger partial charge in [-0.25, -0.2) is 0 Å². The zero-order valence-corrected chi connectivity index (χ0v) is 12.0. The molecule has 0 saturated heterocycles. The lowest BCUT2D eigenvalue weighted by Gasteiger charge is -2.13. The highest BCUT2D eigenvalue weighted by atomic mass is 16.5. The van der Waals surface area contributed by atoms with Crippen LogP contribution >= 0.6 is 0 Å². The van der Waals surface area contributed by atoms with Crippen molar-refractivity contribution in [2.45, 2.75) is 40.2 Å². The Bertz CT molecular complexity index is 403. The second-order valence-electron chi connectivity index (χ2n) is 6.54. The van der Waals surface area contributed by atoms with Gasteiger partial charge in [0.1, 0.15) is 5.75 Å². The van der Waals surface area contributed by atoms with Crippen LogP contribution < -0.4 is 4.74 Å². The van der Waals surface area contributed by atoms with Crippen molar-refractivity contribution in [1.82, 2.24) is 0 Å². The maximum absolute atomic E-state index is 10.4. The van der Waals surface area contributed by atoms with E-state index < -0.39 is 0 Å². The molecule has 1 N–H and O–H groups in total. The van der Waals surface area contributed by atoms with Gasteiger partial charge >= 0.3 is 0 Å². The average molecular weight is 248 g/mol. The third-order valence-electron chi connectivity index (χ3n) is 5.12. The zero-order chi connectivity index (χ0) is 13.6. The average Bonchev–Trinajstić information content (AvgIpc) is 2.70. The quantitative estimate of drug-likeness (QED) is 0.886. The summed E-state index contributed by atoms with van der Waals surface area (Å²) in [4.78, 5) is 0. The highest BCUT2D eigenvalue weighted by Gasteiger charge is 2.66. The van der Waals surface area contributed by atoms with Crippen LogP contribution in [0.5, 0.6) is 5.75 Å². The van der Waals surface area contributed by atoms with E-state index in [1.807, 2.05) is 24.3 Å². The molecule has 1 aromatic carbocycles. The summed E-state index contributed by atoms with van der Waals surface area (Å²) < 4.78 is 5.14. The Kier molecular flexibility index (Phi) is 3.18. The Morgan fingerprint density at radius 3 is 2.00 bits per heavy atom. The molecule has 0 bridgehead atoms. The Labute approximate surface area is 110 Å². The molecule has 100 valence electrons. The van der Waals surface area contributed by atoms with Crippen molar-refractivity contribution in [3.05, 3.63) is 29.8 Å². The van der Waals surface area contributed by atoms with Crippen LogP contribution in [-0.2, 0) is 6.42 Å². The number of aliphatic hydroxyl groups is 1. The molecule has 1 atom stereocenters. The monoisotopic (exact) mass is 248 g/mol. The third-order valence-corrected chi connectivity index (χ3v) is 5.12. The highest BCUT2D eigenvalue weighted by molar-refractivity contribution is 5.28. The van der Waals surface area contributed by atoms with Gasteiger partial charge in [-0.1, -0.05) is 39.8 Å². The van der Waals surface area contributed by atoms with Crippen molar-refractivity contribution in [3.8, 4) is 5.75 Å². The summed E-state index contributed by atoms with van der Waals surface area (Å²) in [6, 6.07) is 7.96. The summed E-state index contributed by atoms with van der Waals surface area (Å²) in [5.41, 5.74) is 1.64. The fourth-order valence-corrected chi connectivity index (χ4v) is 3.33. The minimum atomic E-state index is -0.261. The minimum Gasteiger partial charge on any atom is -0.497 e. The molecule has 2 rings (SSSR count). The van der Waals surface area contributed by atoms with Crippen LogP contribution in [0.3, 0.4) is 0 Å². The summed E-state index contributed by atoms with van der Waals surface area (Å²) in [6.45, 7) is 8.98. The lowest BCUT2D eigenvalue weighted by Crippen LogP contribution is -2.17. The number of aliphatic hydroxyl groups excluding tert-OH is 1. The van der Waals surface area contributed by atoms with E-state index in [4.69, 9.17) is 4.74 Å². The van der Waals surface area contributed by atoms with E-state index in [0.717, 1.165) is 12.2 Å². The summed E-state index contributed by atoms with van der Waals surface area (Å²) in [5, 5.41) is 10.4. The SMILES string of the molecule is COc1ccc(CC(O)C2C(C)(C)C2(C)C)cc1. The molecular weight excluding hydrogens is 224 g/mol. The van der Waals surface area contributed by atoms with Gasteiger partial charge in [0.05, 0.1) is 13.2 Å². The predicted molar refractivity (Wildman–Crippen MR) is 73.8 cm³/mol. The van der Waals surface area contributed by atoms with Gasteiger partial charge in [-0.2, -0.15) is 0 Å². The van der Waals surface area contributed by atoms with Crippen LogP contribution in [0.1, 0.15) is 33.3 Å². The normalized spacial score (nSPS) is 22.6. The second kappa shape index (κ2) is 4.27. The Morgan fingerprint density at radius 1 is 1.11 bits per heavy atom. The molecular formula is C16H24O2. The largest absolute Gasteiger partial charge is 0.497 e. The van der Waals surface area contributed by atoms with Gasteiger partial charge in [-0.05, 0) is 40.9 Å². The van der Waals surface area contributed by atoms with E-state index in [0.29, 0.717) is 5.92 Å². The van der Waals surface area contributed by atoms with Gasteiger partial charge in [0.25, 0.3) is 0 Å². The molecule has 2 heteroatoms. The van der Waals surface area contributed by atoms with E-state index in [9.17, 15) is 5.11 Å². The number of hydrogen-bond donors (Lipinski definition) is 1. The summed E-state index contributed by atoms with van der Waals surface area (Å²) in [5.74, 6) is 1.24. The van der Waals surface area contributed by atoms with Crippen molar-refractivity contribution >= 4 is 0 Å². The lowest BCUT2D eigenvalue weighted by molar-refractivity contribution is 0.129. The van der Waals surface area contributed by atoms with Crippen molar-refractivity contribution in [2.75, 3.05) is 7.11 Å². The Hall–Kier alpha value is -1.02. The van der Waals surface area contributed by atoms with Crippen LogP contribution in [0, 0.1) is 16.7 Å². The summed E-state index contributed by atoms with van der Waals surface area (Å²) in [7, 11) is 1.67. The van der Waals surface area contributed by atoms with E-state index >= 15 is 0 Å². The number of hydrogen-bond acceptors (Lipinski definition) is 2. The molecule has 1 aromatic rings. The molecule has 1 aliphatic rings. The fourth-order valence-electron chi connectivity index (χ4n) is 3.33. The molecule has 0 amide bonds. The van der Waals surface area contributed by atoms with Crippen LogP contribution in [0.15, 0.2) is 24.3 Å². The molecule has 0 aliphatic heterocycles. The van der Waals surface area contributed by atoms with Gasteiger partial charge in [-0.3, -0.25) is 0 Å². The van der Waals surface area contributed by atoms with Crippen molar-refractivity contribution in [1.29, 1.82) is 0 Å². The van der Waals surface area contributed by atoms with Gasteiger partial charge in [0.15, 0.2) is 0 Å². The van der Waals surface area contributed by atoms with Crippen LogP contribution in [0.4, 0.5) is 0 Å². The van der Waals surface area contributed by atoms with Crippen molar-refractivity contribution in [2.24, 2.45) is 16.7 Å². The van der Waals surface area contributed by atoms with Crippen molar-refractivity contribution in [3.63, 3.8) is 0 Å². The minimum absolute atomic E-state index is 0.235. The maximum atomic E-state index is 10.4. The highest BCUT2D eigenvalue weighted by Crippen LogP contribution is 2.69. The van der Waals surface area contributed by atoms with E-state index in [1.54, 1.807) is 7.11 Å². The van der Waals surface area contributed by atoms with Crippen LogP contribution in [-0.4, -0.2) is 18.3 Å². The molecule has 1 saturated carbocycles. The van der Waals surface area contributed by atoms with Crippen LogP contribution in [0.25, 0.3) is 0 Å². The molecule has 1 unspecified atom stereocenters. The Balaban J connectivity index is 2.02. The smallest absolute Gasteiger partial charge is 0.118 e. The molecule has 1 aliphatic carbocycles. The second-order valence-corrected chi connectivity index (χ2v) is 6.54. The van der Waals surface area contributed by atoms with Crippen LogP contribution in [0.2, 0.25) is 0 Å². The molecule has 0 radical (unpaired) electrons. The molecule has 0 heterocycles. The molecule has 2 nitrogen and oxygen atoms in total. The van der Waals surface area contributed by atoms with E-state index in [-0.39, 0.29) is 16.9 Å². The fraction of sp³-hybridized carbons (Fsp3) is 0.625. The molecule has 0 aromatic heterocycles. The zero-order valence-electron chi connectivity index (χ0n) is 12.0. The van der Waals surface area contributed by atoms with Gasteiger partial charge in [0, 0.05) is 0 Å². The molecule has 1 fully saturated rings. The van der Waals surface area contributed by atoms with Gasteiger partial charge in [-0.15, -0.1) is 0 Å².